The predicted molar refractivity (Wildman–Crippen MR) is 90.3 cm³/mol. The number of halogens is 2. The molecule has 0 bridgehead atoms. The minimum Gasteiger partial charge on any atom is -0.488 e. The van der Waals surface area contributed by atoms with Crippen LogP contribution in [0, 0.1) is 18.6 Å². The number of benzene rings is 2. The number of nitrogens with zero attached hydrogens (tertiary/aromatic N) is 1. The van der Waals surface area contributed by atoms with Crippen LogP contribution in [0.25, 0.3) is 16.6 Å². The topological polar surface area (TPSA) is 51.5 Å². The molecular formula is C19H17F2NO3. The lowest BCUT2D eigenvalue weighted by atomic mass is 10.2. The number of rotatable bonds is 6. The summed E-state index contributed by atoms with van der Waals surface area (Å²) in [5.41, 5.74) is 2.26. The molecule has 0 radical (unpaired) electrons. The molecule has 0 unspecified atom stereocenters. The predicted octanol–water partition coefficient (Wildman–Crippen LogP) is 4.46. The van der Waals surface area contributed by atoms with Crippen molar-refractivity contribution in [3.63, 3.8) is 0 Å². The first kappa shape index (κ1) is 17.0. The van der Waals surface area contributed by atoms with Crippen molar-refractivity contribution in [3.8, 4) is 11.4 Å². The normalized spacial score (nSPS) is 11.0. The van der Waals surface area contributed by atoms with Crippen molar-refractivity contribution in [2.75, 3.05) is 6.61 Å². The Morgan fingerprint density at radius 1 is 1.16 bits per heavy atom. The fourth-order valence-corrected chi connectivity index (χ4v) is 2.68. The van der Waals surface area contributed by atoms with Crippen molar-refractivity contribution in [1.29, 1.82) is 0 Å². The van der Waals surface area contributed by atoms with Crippen molar-refractivity contribution >= 4 is 16.9 Å². The average molecular weight is 345 g/mol. The van der Waals surface area contributed by atoms with E-state index in [0.29, 0.717) is 5.69 Å². The summed E-state index contributed by atoms with van der Waals surface area (Å²) in [5.74, 6) is -3.10. The molecule has 1 aromatic heterocycles. The fraction of sp³-hybridized carbons (Fsp3) is 0.211. The maximum atomic E-state index is 14.3. The van der Waals surface area contributed by atoms with Gasteiger partial charge in [0.15, 0.2) is 17.4 Å². The number of aryl methyl sites for hydroxylation is 1. The summed E-state index contributed by atoms with van der Waals surface area (Å²) in [5, 5.41) is 9.53. The van der Waals surface area contributed by atoms with E-state index in [9.17, 15) is 13.6 Å². The van der Waals surface area contributed by atoms with E-state index < -0.39 is 23.4 Å². The van der Waals surface area contributed by atoms with Gasteiger partial charge in [-0.1, -0.05) is 12.1 Å². The number of fused-ring (bicyclic) bond motifs is 1. The van der Waals surface area contributed by atoms with Crippen LogP contribution in [0.5, 0.6) is 5.75 Å². The van der Waals surface area contributed by atoms with E-state index in [-0.39, 0.29) is 19.4 Å². The van der Waals surface area contributed by atoms with E-state index >= 15 is 0 Å². The third-order valence-electron chi connectivity index (χ3n) is 3.89. The zero-order valence-electron chi connectivity index (χ0n) is 13.6. The van der Waals surface area contributed by atoms with Gasteiger partial charge in [-0.2, -0.15) is 0 Å². The van der Waals surface area contributed by atoms with E-state index in [1.165, 1.54) is 12.1 Å². The molecule has 3 aromatic rings. The van der Waals surface area contributed by atoms with Crippen molar-refractivity contribution in [2.24, 2.45) is 0 Å². The third-order valence-corrected chi connectivity index (χ3v) is 3.89. The van der Waals surface area contributed by atoms with Gasteiger partial charge < -0.3 is 14.4 Å². The molecule has 0 saturated carbocycles. The van der Waals surface area contributed by atoms with Gasteiger partial charge in [-0.3, -0.25) is 4.79 Å². The molecule has 0 fully saturated rings. The van der Waals surface area contributed by atoms with Crippen LogP contribution in [0.15, 0.2) is 42.6 Å². The summed E-state index contributed by atoms with van der Waals surface area (Å²) < 4.78 is 35.3. The maximum Gasteiger partial charge on any atom is 0.303 e. The average Bonchev–Trinajstić information content (AvgIpc) is 2.96. The number of aromatic nitrogens is 1. The van der Waals surface area contributed by atoms with Gasteiger partial charge in [-0.15, -0.1) is 0 Å². The first-order valence-corrected chi connectivity index (χ1v) is 7.87. The minimum absolute atomic E-state index is 0.0644. The molecule has 2 aromatic carbocycles. The maximum absolute atomic E-state index is 14.3. The van der Waals surface area contributed by atoms with Crippen LogP contribution in [0.2, 0.25) is 0 Å². The highest BCUT2D eigenvalue weighted by Gasteiger charge is 2.15. The van der Waals surface area contributed by atoms with Gasteiger partial charge in [0.1, 0.15) is 0 Å². The largest absolute Gasteiger partial charge is 0.488 e. The number of aliphatic carboxylic acids is 1. The molecule has 6 heteroatoms. The van der Waals surface area contributed by atoms with Gasteiger partial charge in [0.2, 0.25) is 0 Å². The molecule has 0 saturated heterocycles. The standard InChI is InChI=1S/C19H17F2NO3/c1-12-4-5-13-6-7-22(17(13)9-12)14-10-15(20)19(16(21)11-14)25-8-2-3-18(23)24/h4-7,9-11H,2-3,8H2,1H3,(H,23,24). The van der Waals surface area contributed by atoms with E-state index in [1.54, 1.807) is 10.8 Å². The van der Waals surface area contributed by atoms with Crippen LogP contribution in [-0.4, -0.2) is 22.2 Å². The van der Waals surface area contributed by atoms with Crippen molar-refractivity contribution < 1.29 is 23.4 Å². The summed E-state index contributed by atoms with van der Waals surface area (Å²) in [7, 11) is 0. The van der Waals surface area contributed by atoms with E-state index in [0.717, 1.165) is 16.5 Å². The monoisotopic (exact) mass is 345 g/mol. The number of hydrogen-bond acceptors (Lipinski definition) is 2. The highest BCUT2D eigenvalue weighted by Crippen LogP contribution is 2.28. The van der Waals surface area contributed by atoms with Gasteiger partial charge >= 0.3 is 5.97 Å². The summed E-state index contributed by atoms with van der Waals surface area (Å²) in [6.07, 6.45) is 1.82. The van der Waals surface area contributed by atoms with E-state index in [2.05, 4.69) is 0 Å². The lowest BCUT2D eigenvalue weighted by Gasteiger charge is -2.11. The minimum atomic E-state index is -0.977. The molecule has 1 heterocycles. The van der Waals surface area contributed by atoms with Crippen LogP contribution >= 0.6 is 0 Å². The van der Waals surface area contributed by atoms with Crippen molar-refractivity contribution in [1.82, 2.24) is 4.57 Å². The highest BCUT2D eigenvalue weighted by molar-refractivity contribution is 5.82. The van der Waals surface area contributed by atoms with Gasteiger partial charge in [0.05, 0.1) is 17.8 Å². The first-order valence-electron chi connectivity index (χ1n) is 7.87. The number of carboxylic acids is 1. The SMILES string of the molecule is Cc1ccc2ccn(-c3cc(F)c(OCCCC(=O)O)c(F)c3)c2c1. The zero-order valence-corrected chi connectivity index (χ0v) is 13.6. The highest BCUT2D eigenvalue weighted by atomic mass is 19.1. The molecule has 3 rings (SSSR count). The van der Waals surface area contributed by atoms with E-state index in [4.69, 9.17) is 9.84 Å². The molecule has 0 aliphatic heterocycles. The second-order valence-corrected chi connectivity index (χ2v) is 5.83. The lowest BCUT2D eigenvalue weighted by Crippen LogP contribution is -2.05. The second-order valence-electron chi connectivity index (χ2n) is 5.83. The quantitative estimate of drug-likeness (QED) is 0.671. The molecule has 4 nitrogen and oxygen atoms in total. The summed E-state index contributed by atoms with van der Waals surface area (Å²) in [6, 6.07) is 10.2. The fourth-order valence-electron chi connectivity index (χ4n) is 2.68. The first-order chi connectivity index (χ1) is 12.0. The lowest BCUT2D eigenvalue weighted by molar-refractivity contribution is -0.137. The Morgan fingerprint density at radius 3 is 2.56 bits per heavy atom. The number of ether oxygens (including phenoxy) is 1. The van der Waals surface area contributed by atoms with Crippen LogP contribution in [0.1, 0.15) is 18.4 Å². The summed E-state index contributed by atoms with van der Waals surface area (Å²) in [4.78, 5) is 10.4. The molecule has 0 atom stereocenters. The molecule has 0 amide bonds. The summed E-state index contributed by atoms with van der Waals surface area (Å²) >= 11 is 0. The number of carboxylic acid groups (broad SMARTS) is 1. The smallest absolute Gasteiger partial charge is 0.303 e. The number of hydrogen-bond donors (Lipinski definition) is 1. The summed E-state index contributed by atoms with van der Waals surface area (Å²) in [6.45, 7) is 1.89. The van der Waals surface area contributed by atoms with Crippen LogP contribution in [0.3, 0.4) is 0 Å². The van der Waals surface area contributed by atoms with Gasteiger partial charge in [0, 0.05) is 24.8 Å². The Labute approximate surface area is 143 Å². The third kappa shape index (κ3) is 3.63. The molecular weight excluding hydrogens is 328 g/mol. The van der Waals surface area contributed by atoms with Crippen LogP contribution < -0.4 is 4.74 Å². The Hall–Kier alpha value is -2.89. The molecule has 0 aliphatic carbocycles. The van der Waals surface area contributed by atoms with Crippen LogP contribution in [-0.2, 0) is 4.79 Å². The van der Waals surface area contributed by atoms with Gasteiger partial charge in [-0.25, -0.2) is 8.78 Å². The Morgan fingerprint density at radius 2 is 1.88 bits per heavy atom. The van der Waals surface area contributed by atoms with Gasteiger partial charge in [-0.05, 0) is 36.4 Å². The van der Waals surface area contributed by atoms with Crippen molar-refractivity contribution in [2.45, 2.75) is 19.8 Å². The molecule has 130 valence electrons. The molecule has 0 aliphatic rings. The molecule has 0 spiro atoms. The number of carbonyl (C=O) groups is 1. The molecule has 1 N–H and O–H groups in total. The Bertz CT molecular complexity index is 911. The second kappa shape index (κ2) is 6.93. The van der Waals surface area contributed by atoms with Crippen LogP contribution in [0.4, 0.5) is 8.78 Å². The van der Waals surface area contributed by atoms with Gasteiger partial charge in [0.25, 0.3) is 0 Å². The Kier molecular flexibility index (Phi) is 4.70. The van der Waals surface area contributed by atoms with E-state index in [1.807, 2.05) is 31.2 Å². The zero-order chi connectivity index (χ0) is 18.0. The Balaban J connectivity index is 1.88. The molecule has 25 heavy (non-hydrogen) atoms. The van der Waals surface area contributed by atoms with Crippen molar-refractivity contribution in [3.05, 3.63) is 59.8 Å².